The van der Waals surface area contributed by atoms with E-state index in [1.165, 1.54) is 0 Å². The van der Waals surface area contributed by atoms with Gasteiger partial charge in [-0.25, -0.2) is 0 Å². The number of benzene rings is 1. The molecule has 6 heteroatoms. The zero-order valence-electron chi connectivity index (χ0n) is 8.01. The van der Waals surface area contributed by atoms with Crippen molar-refractivity contribution in [3.8, 4) is 0 Å². The molecule has 0 saturated heterocycles. The molecule has 5 nitrogen and oxygen atoms in total. The third-order valence-electron chi connectivity index (χ3n) is 1.75. The molecule has 1 atom stereocenters. The Hall–Kier alpha value is -1.30. The number of hydrogen-bond acceptors (Lipinski definition) is 3. The van der Waals surface area contributed by atoms with Crippen molar-refractivity contribution in [3.63, 3.8) is 0 Å². The van der Waals surface area contributed by atoms with E-state index in [0.29, 0.717) is 12.1 Å². The number of carboxylic acids is 1. The van der Waals surface area contributed by atoms with Gasteiger partial charge in [0.05, 0.1) is 0 Å². The first kappa shape index (κ1) is 16.1. The highest BCUT2D eigenvalue weighted by molar-refractivity contribution is 5.85. The number of nitrogens with two attached hydrogens (primary N) is 2. The Balaban J connectivity index is 0. The van der Waals surface area contributed by atoms with E-state index in [4.69, 9.17) is 16.6 Å². The minimum absolute atomic E-state index is 0. The Morgan fingerprint density at radius 3 is 2.20 bits per heavy atom. The molecule has 15 heavy (non-hydrogen) atoms. The van der Waals surface area contributed by atoms with Crippen molar-refractivity contribution in [2.75, 3.05) is 5.73 Å². The molecule has 0 unspecified atom stereocenters. The van der Waals surface area contributed by atoms with Crippen LogP contribution in [-0.4, -0.2) is 22.6 Å². The summed E-state index contributed by atoms with van der Waals surface area (Å²) in [6, 6.07) is 6.16. The van der Waals surface area contributed by atoms with Gasteiger partial charge in [0, 0.05) is 5.69 Å². The number of hydrogen-bond donors (Lipinski definition) is 3. The first-order valence-electron chi connectivity index (χ1n) is 3.92. The smallest absolute Gasteiger partial charge is 0.320 e. The van der Waals surface area contributed by atoms with Gasteiger partial charge in [-0.3, -0.25) is 4.79 Å². The molecule has 0 aliphatic rings. The fourth-order valence-corrected chi connectivity index (χ4v) is 0.995. The number of carboxylic acid groups (broad SMARTS) is 1. The highest BCUT2D eigenvalue weighted by Gasteiger charge is 2.11. The van der Waals surface area contributed by atoms with E-state index in [9.17, 15) is 4.79 Å². The topological polar surface area (TPSA) is 121 Å². The monoisotopic (exact) mass is 234 g/mol. The van der Waals surface area contributed by atoms with Crippen LogP contribution in [0, 0.1) is 0 Å². The second kappa shape index (κ2) is 7.05. The predicted molar refractivity (Wildman–Crippen MR) is 61.0 cm³/mol. The molecule has 0 aliphatic carbocycles. The number of halogens is 1. The third kappa shape index (κ3) is 5.21. The van der Waals surface area contributed by atoms with Gasteiger partial charge in [0.25, 0.3) is 0 Å². The molecule has 0 aliphatic heterocycles. The van der Waals surface area contributed by atoms with Crippen LogP contribution in [0.1, 0.15) is 5.56 Å². The lowest BCUT2D eigenvalue weighted by Crippen LogP contribution is -2.32. The molecule has 1 aromatic rings. The van der Waals surface area contributed by atoms with Gasteiger partial charge in [0.1, 0.15) is 6.04 Å². The summed E-state index contributed by atoms with van der Waals surface area (Å²) in [6.07, 6.45) is 0.329. The van der Waals surface area contributed by atoms with Gasteiger partial charge in [-0.2, -0.15) is 0 Å². The van der Waals surface area contributed by atoms with E-state index >= 15 is 0 Å². The van der Waals surface area contributed by atoms with Crippen molar-refractivity contribution in [2.24, 2.45) is 5.73 Å². The van der Waals surface area contributed by atoms with Crippen molar-refractivity contribution in [2.45, 2.75) is 12.5 Å². The van der Waals surface area contributed by atoms with Gasteiger partial charge in [-0.1, -0.05) is 12.1 Å². The van der Waals surface area contributed by atoms with Crippen LogP contribution in [0.2, 0.25) is 0 Å². The van der Waals surface area contributed by atoms with Gasteiger partial charge in [0.2, 0.25) is 0 Å². The quantitative estimate of drug-likeness (QED) is 0.628. The summed E-state index contributed by atoms with van der Waals surface area (Å²) in [4.78, 5) is 10.4. The standard InChI is InChI=1S/C9H12N2O2.ClH.H2O/c10-7-3-1-6(2-4-7)5-8(11)9(12)13;;/h1-4,8H,5,10-11H2,(H,12,13);1H;1H2/t8-;;/m0../s1. The van der Waals surface area contributed by atoms with E-state index in [-0.39, 0.29) is 17.9 Å². The lowest BCUT2D eigenvalue weighted by molar-refractivity contribution is -0.138. The summed E-state index contributed by atoms with van der Waals surface area (Å²) in [5, 5.41) is 8.55. The number of carbonyl (C=O) groups is 1. The molecule has 0 heterocycles. The summed E-state index contributed by atoms with van der Waals surface area (Å²) in [6.45, 7) is 0. The SMILES string of the molecule is Cl.Nc1ccc(C[C@H](N)C(=O)O)cc1.O. The lowest BCUT2D eigenvalue weighted by atomic mass is 10.1. The number of aliphatic carboxylic acids is 1. The Morgan fingerprint density at radius 2 is 1.80 bits per heavy atom. The van der Waals surface area contributed by atoms with Gasteiger partial charge in [-0.15, -0.1) is 12.4 Å². The molecule has 0 saturated carbocycles. The fraction of sp³-hybridized carbons (Fsp3) is 0.222. The lowest BCUT2D eigenvalue weighted by Gasteiger charge is -2.05. The summed E-state index contributed by atoms with van der Waals surface area (Å²) in [7, 11) is 0. The summed E-state index contributed by atoms with van der Waals surface area (Å²) in [5.41, 5.74) is 12.4. The van der Waals surface area contributed by atoms with Crippen molar-refractivity contribution in [1.82, 2.24) is 0 Å². The third-order valence-corrected chi connectivity index (χ3v) is 1.75. The number of anilines is 1. The van der Waals surface area contributed by atoms with Crippen LogP contribution in [-0.2, 0) is 11.2 Å². The maximum Gasteiger partial charge on any atom is 0.320 e. The van der Waals surface area contributed by atoms with Crippen molar-refractivity contribution >= 4 is 24.1 Å². The zero-order valence-corrected chi connectivity index (χ0v) is 8.83. The van der Waals surface area contributed by atoms with Crippen LogP contribution in [0.25, 0.3) is 0 Å². The second-order valence-corrected chi connectivity index (χ2v) is 2.89. The average molecular weight is 235 g/mol. The van der Waals surface area contributed by atoms with E-state index in [1.54, 1.807) is 24.3 Å². The first-order valence-corrected chi connectivity index (χ1v) is 3.92. The molecular weight excluding hydrogens is 220 g/mol. The zero-order chi connectivity index (χ0) is 9.84. The molecule has 7 N–H and O–H groups in total. The van der Waals surface area contributed by atoms with Crippen LogP contribution in [0.5, 0.6) is 0 Å². The average Bonchev–Trinajstić information content (AvgIpc) is 2.08. The van der Waals surface area contributed by atoms with Crippen LogP contribution in [0.4, 0.5) is 5.69 Å². The Kier molecular flexibility index (Phi) is 7.59. The van der Waals surface area contributed by atoms with Crippen LogP contribution >= 0.6 is 12.4 Å². The molecule has 0 amide bonds. The highest BCUT2D eigenvalue weighted by atomic mass is 35.5. The largest absolute Gasteiger partial charge is 0.480 e. The van der Waals surface area contributed by atoms with Crippen LogP contribution < -0.4 is 11.5 Å². The normalized spacial score (nSPS) is 10.7. The molecule has 0 bridgehead atoms. The van der Waals surface area contributed by atoms with Crippen molar-refractivity contribution < 1.29 is 15.4 Å². The van der Waals surface area contributed by atoms with Gasteiger partial charge >= 0.3 is 5.97 Å². The number of nitrogen functional groups attached to an aromatic ring is 1. The fourth-order valence-electron chi connectivity index (χ4n) is 0.995. The van der Waals surface area contributed by atoms with E-state index in [2.05, 4.69) is 0 Å². The summed E-state index contributed by atoms with van der Waals surface area (Å²) < 4.78 is 0. The molecule has 0 spiro atoms. The maximum absolute atomic E-state index is 10.4. The molecular formula is C9H15ClN2O3. The first-order chi connectivity index (χ1) is 6.09. The maximum atomic E-state index is 10.4. The predicted octanol–water partition coefficient (Wildman–Crippen LogP) is -0.180. The molecule has 1 aromatic carbocycles. The number of rotatable bonds is 3. The van der Waals surface area contributed by atoms with E-state index in [1.807, 2.05) is 0 Å². The van der Waals surface area contributed by atoms with Crippen molar-refractivity contribution in [3.05, 3.63) is 29.8 Å². The molecule has 0 fully saturated rings. The second-order valence-electron chi connectivity index (χ2n) is 2.89. The van der Waals surface area contributed by atoms with Gasteiger partial charge < -0.3 is 22.1 Å². The molecule has 0 aromatic heterocycles. The van der Waals surface area contributed by atoms with Crippen molar-refractivity contribution in [1.29, 1.82) is 0 Å². The van der Waals surface area contributed by atoms with E-state index < -0.39 is 12.0 Å². The Bertz CT molecular complexity index is 303. The minimum Gasteiger partial charge on any atom is -0.480 e. The van der Waals surface area contributed by atoms with Gasteiger partial charge in [-0.05, 0) is 24.1 Å². The van der Waals surface area contributed by atoms with Crippen LogP contribution in [0.15, 0.2) is 24.3 Å². The molecule has 0 radical (unpaired) electrons. The summed E-state index contributed by atoms with van der Waals surface area (Å²) >= 11 is 0. The highest BCUT2D eigenvalue weighted by Crippen LogP contribution is 2.07. The Labute approximate surface area is 93.8 Å². The molecule has 1 rings (SSSR count). The van der Waals surface area contributed by atoms with Crippen LogP contribution in [0.3, 0.4) is 0 Å². The summed E-state index contributed by atoms with van der Waals surface area (Å²) in [5.74, 6) is -0.989. The Morgan fingerprint density at radius 1 is 1.33 bits per heavy atom. The van der Waals surface area contributed by atoms with Gasteiger partial charge in [0.15, 0.2) is 0 Å². The minimum atomic E-state index is -0.989. The van der Waals surface area contributed by atoms with E-state index in [0.717, 1.165) is 5.56 Å². The molecule has 86 valence electrons.